The summed E-state index contributed by atoms with van der Waals surface area (Å²) >= 11 is 0. The van der Waals surface area contributed by atoms with Gasteiger partial charge in [-0.15, -0.1) is 0 Å². The number of aromatic amines is 1. The highest BCUT2D eigenvalue weighted by Crippen LogP contribution is 2.26. The van der Waals surface area contributed by atoms with Crippen molar-refractivity contribution in [3.63, 3.8) is 0 Å². The van der Waals surface area contributed by atoms with Crippen LogP contribution in [-0.2, 0) is 0 Å². The fourth-order valence-corrected chi connectivity index (χ4v) is 3.89. The maximum atomic E-state index is 13.2. The molecule has 1 aromatic heterocycles. The lowest BCUT2D eigenvalue weighted by molar-refractivity contribution is 0.0935. The third-order valence-corrected chi connectivity index (χ3v) is 5.68. The van der Waals surface area contributed by atoms with Crippen molar-refractivity contribution in [1.29, 1.82) is 0 Å². The molecule has 0 radical (unpaired) electrons. The van der Waals surface area contributed by atoms with Gasteiger partial charge in [0.05, 0.1) is 11.6 Å². The van der Waals surface area contributed by atoms with Gasteiger partial charge in [0.2, 0.25) is 0 Å². The molecule has 1 amide bonds. The average Bonchev–Trinajstić information content (AvgIpc) is 3.16. The molecule has 0 saturated heterocycles. The SMILES string of the molecule is Cc1cccc(C(CNC(C)C)NC(=O)c2cccc(-c3ccc4n[nH]c(C)c4c3)c2)c1. The molecule has 1 unspecified atom stereocenters. The van der Waals surface area contributed by atoms with Crippen LogP contribution in [0.3, 0.4) is 0 Å². The molecule has 0 spiro atoms. The number of aryl methyl sites for hydroxylation is 2. The molecule has 0 bridgehead atoms. The van der Waals surface area contributed by atoms with Crippen LogP contribution in [0, 0.1) is 13.8 Å². The molecule has 1 heterocycles. The number of aromatic nitrogens is 2. The van der Waals surface area contributed by atoms with Gasteiger partial charge < -0.3 is 10.6 Å². The van der Waals surface area contributed by atoms with Crippen LogP contribution >= 0.6 is 0 Å². The van der Waals surface area contributed by atoms with Crippen LogP contribution < -0.4 is 10.6 Å². The van der Waals surface area contributed by atoms with Crippen LogP contribution in [0.1, 0.15) is 47.1 Å². The largest absolute Gasteiger partial charge is 0.344 e. The molecule has 0 aliphatic heterocycles. The summed E-state index contributed by atoms with van der Waals surface area (Å²) in [7, 11) is 0. The molecule has 0 fully saturated rings. The quantitative estimate of drug-likeness (QED) is 0.375. The lowest BCUT2D eigenvalue weighted by Gasteiger charge is -2.22. The number of fused-ring (bicyclic) bond motifs is 1. The van der Waals surface area contributed by atoms with Gasteiger partial charge in [-0.1, -0.05) is 61.9 Å². The highest BCUT2D eigenvalue weighted by Gasteiger charge is 2.17. The van der Waals surface area contributed by atoms with E-state index in [-0.39, 0.29) is 11.9 Å². The van der Waals surface area contributed by atoms with E-state index in [0.29, 0.717) is 18.2 Å². The number of amides is 1. The predicted molar refractivity (Wildman–Crippen MR) is 131 cm³/mol. The average molecular weight is 427 g/mol. The number of carbonyl (C=O) groups excluding carboxylic acids is 1. The van der Waals surface area contributed by atoms with Crippen molar-refractivity contribution >= 4 is 16.8 Å². The Kier molecular flexibility index (Phi) is 6.37. The molecule has 3 aromatic carbocycles. The Morgan fingerprint density at radius 1 is 0.969 bits per heavy atom. The highest BCUT2D eigenvalue weighted by atomic mass is 16.1. The standard InChI is InChI=1S/C27H30N4O/c1-17(2)28-16-26(22-9-5-7-18(3)13-22)29-27(32)23-10-6-8-20(14-23)21-11-12-25-24(15-21)19(4)30-31-25/h5-15,17,26,28H,16H2,1-4H3,(H,29,32)(H,30,31). The Morgan fingerprint density at radius 2 is 1.75 bits per heavy atom. The monoisotopic (exact) mass is 426 g/mol. The molecule has 164 valence electrons. The van der Waals surface area contributed by atoms with Crippen molar-refractivity contribution in [3.05, 3.63) is 89.1 Å². The van der Waals surface area contributed by atoms with E-state index in [1.807, 2.05) is 49.4 Å². The van der Waals surface area contributed by atoms with Crippen molar-refractivity contribution in [2.75, 3.05) is 6.54 Å². The molecule has 4 rings (SSSR count). The van der Waals surface area contributed by atoms with Gasteiger partial charge in [0.1, 0.15) is 0 Å². The first-order chi connectivity index (χ1) is 15.4. The van der Waals surface area contributed by atoms with Crippen molar-refractivity contribution in [3.8, 4) is 11.1 Å². The third-order valence-electron chi connectivity index (χ3n) is 5.68. The Hall–Kier alpha value is -3.44. The first-order valence-electron chi connectivity index (χ1n) is 11.1. The number of nitrogens with zero attached hydrogens (tertiary/aromatic N) is 1. The van der Waals surface area contributed by atoms with E-state index in [0.717, 1.165) is 33.3 Å². The van der Waals surface area contributed by atoms with Gasteiger partial charge in [-0.25, -0.2) is 0 Å². The van der Waals surface area contributed by atoms with Crippen molar-refractivity contribution in [2.24, 2.45) is 0 Å². The second-order valence-corrected chi connectivity index (χ2v) is 8.66. The minimum atomic E-state index is -0.113. The number of carbonyl (C=O) groups is 1. The van der Waals surface area contributed by atoms with Crippen LogP contribution in [0.25, 0.3) is 22.0 Å². The summed E-state index contributed by atoms with van der Waals surface area (Å²) in [6, 6.07) is 22.5. The van der Waals surface area contributed by atoms with Gasteiger partial charge >= 0.3 is 0 Å². The molecule has 5 nitrogen and oxygen atoms in total. The van der Waals surface area contributed by atoms with E-state index in [2.05, 4.69) is 65.9 Å². The Bertz CT molecular complexity index is 1240. The molecule has 0 saturated carbocycles. The van der Waals surface area contributed by atoms with Crippen LogP contribution in [0.2, 0.25) is 0 Å². The van der Waals surface area contributed by atoms with Crippen LogP contribution in [0.4, 0.5) is 0 Å². The summed E-state index contributed by atoms with van der Waals surface area (Å²) in [5.74, 6) is -0.0792. The maximum Gasteiger partial charge on any atom is 0.251 e. The van der Waals surface area contributed by atoms with Crippen LogP contribution in [0.5, 0.6) is 0 Å². The number of nitrogens with one attached hydrogen (secondary N) is 3. The topological polar surface area (TPSA) is 69.8 Å². The smallest absolute Gasteiger partial charge is 0.251 e. The molecular formula is C27H30N4O. The number of H-pyrrole nitrogens is 1. The highest BCUT2D eigenvalue weighted by molar-refractivity contribution is 5.96. The van der Waals surface area contributed by atoms with Gasteiger partial charge in [0, 0.05) is 29.2 Å². The summed E-state index contributed by atoms with van der Waals surface area (Å²) in [5.41, 5.74) is 6.98. The molecule has 4 aromatic rings. The van der Waals surface area contributed by atoms with Crippen molar-refractivity contribution in [1.82, 2.24) is 20.8 Å². The maximum absolute atomic E-state index is 13.2. The van der Waals surface area contributed by atoms with Gasteiger partial charge in [0.25, 0.3) is 5.91 Å². The first kappa shape index (κ1) is 21.8. The number of hydrogen-bond acceptors (Lipinski definition) is 3. The van der Waals surface area contributed by atoms with E-state index in [1.54, 1.807) is 0 Å². The zero-order chi connectivity index (χ0) is 22.7. The lowest BCUT2D eigenvalue weighted by Crippen LogP contribution is -2.38. The van der Waals surface area contributed by atoms with Crippen molar-refractivity contribution < 1.29 is 4.79 Å². The number of hydrogen-bond donors (Lipinski definition) is 3. The fourth-order valence-electron chi connectivity index (χ4n) is 3.89. The van der Waals surface area contributed by atoms with E-state index in [4.69, 9.17) is 0 Å². The normalized spacial score (nSPS) is 12.3. The van der Waals surface area contributed by atoms with Gasteiger partial charge in [0.15, 0.2) is 0 Å². The lowest BCUT2D eigenvalue weighted by atomic mass is 10.00. The van der Waals surface area contributed by atoms with Crippen LogP contribution in [0.15, 0.2) is 66.7 Å². The van der Waals surface area contributed by atoms with Gasteiger partial charge in [-0.2, -0.15) is 5.10 Å². The van der Waals surface area contributed by atoms with Gasteiger partial charge in [-0.3, -0.25) is 9.89 Å². The van der Waals surface area contributed by atoms with Crippen LogP contribution in [-0.4, -0.2) is 28.7 Å². The molecule has 32 heavy (non-hydrogen) atoms. The third kappa shape index (κ3) is 4.89. The Labute approximate surface area is 189 Å². The minimum absolute atomic E-state index is 0.0792. The first-order valence-corrected chi connectivity index (χ1v) is 11.1. The fraction of sp³-hybridized carbons (Fsp3) is 0.259. The van der Waals surface area contributed by atoms with E-state index in [9.17, 15) is 4.79 Å². The zero-order valence-corrected chi connectivity index (χ0v) is 19.1. The summed E-state index contributed by atoms with van der Waals surface area (Å²) in [5, 5.41) is 15.1. The van der Waals surface area contributed by atoms with E-state index >= 15 is 0 Å². The zero-order valence-electron chi connectivity index (χ0n) is 19.1. The summed E-state index contributed by atoms with van der Waals surface area (Å²) in [4.78, 5) is 13.2. The molecule has 5 heteroatoms. The number of benzene rings is 3. The van der Waals surface area contributed by atoms with E-state index in [1.165, 1.54) is 5.56 Å². The second-order valence-electron chi connectivity index (χ2n) is 8.66. The Balaban J connectivity index is 1.59. The second kappa shape index (κ2) is 9.37. The summed E-state index contributed by atoms with van der Waals surface area (Å²) in [6.07, 6.45) is 0. The Morgan fingerprint density at radius 3 is 2.53 bits per heavy atom. The predicted octanol–water partition coefficient (Wildman–Crippen LogP) is 5.32. The van der Waals surface area contributed by atoms with E-state index < -0.39 is 0 Å². The molecule has 3 N–H and O–H groups in total. The molecule has 1 atom stereocenters. The minimum Gasteiger partial charge on any atom is -0.344 e. The van der Waals surface area contributed by atoms with Gasteiger partial charge in [-0.05, 0) is 54.8 Å². The summed E-state index contributed by atoms with van der Waals surface area (Å²) < 4.78 is 0. The van der Waals surface area contributed by atoms with Crippen molar-refractivity contribution in [2.45, 2.75) is 39.8 Å². The summed E-state index contributed by atoms with van der Waals surface area (Å²) in [6.45, 7) is 8.97. The molecule has 0 aliphatic rings. The number of rotatable bonds is 7. The molecule has 0 aliphatic carbocycles. The molecular weight excluding hydrogens is 396 g/mol.